The predicted octanol–water partition coefficient (Wildman–Crippen LogP) is 2.36. The summed E-state index contributed by atoms with van der Waals surface area (Å²) in [5.41, 5.74) is 0.562. The van der Waals surface area contributed by atoms with E-state index in [9.17, 15) is 5.11 Å². The van der Waals surface area contributed by atoms with Crippen molar-refractivity contribution in [3.63, 3.8) is 0 Å². The molecule has 1 atom stereocenters. The second kappa shape index (κ2) is 6.77. The SMILES string of the molecule is CCCNC(C#N)c1cccc(OCC)c1O. The first-order valence-corrected chi connectivity index (χ1v) is 5.82. The quantitative estimate of drug-likeness (QED) is 0.793. The molecule has 2 N–H and O–H groups in total. The number of rotatable bonds is 6. The summed E-state index contributed by atoms with van der Waals surface area (Å²) < 4.78 is 5.29. The van der Waals surface area contributed by atoms with Gasteiger partial charge in [0, 0.05) is 5.56 Å². The van der Waals surface area contributed by atoms with Crippen molar-refractivity contribution in [3.05, 3.63) is 23.8 Å². The molecule has 92 valence electrons. The van der Waals surface area contributed by atoms with Crippen LogP contribution in [0.5, 0.6) is 11.5 Å². The van der Waals surface area contributed by atoms with E-state index >= 15 is 0 Å². The minimum absolute atomic E-state index is 0.0458. The highest BCUT2D eigenvalue weighted by molar-refractivity contribution is 5.48. The molecule has 0 aliphatic carbocycles. The molecule has 1 rings (SSSR count). The van der Waals surface area contributed by atoms with Gasteiger partial charge in [0.25, 0.3) is 0 Å². The third-order valence-corrected chi connectivity index (χ3v) is 2.37. The Labute approximate surface area is 102 Å². The number of phenols is 1. The average molecular weight is 234 g/mol. The van der Waals surface area contributed by atoms with Crippen molar-refractivity contribution in [1.82, 2.24) is 5.32 Å². The van der Waals surface area contributed by atoms with Crippen LogP contribution in [0, 0.1) is 11.3 Å². The Morgan fingerprint density at radius 1 is 1.47 bits per heavy atom. The van der Waals surface area contributed by atoms with Crippen LogP contribution < -0.4 is 10.1 Å². The lowest BCUT2D eigenvalue weighted by Crippen LogP contribution is -2.20. The molecule has 0 amide bonds. The number of benzene rings is 1. The van der Waals surface area contributed by atoms with Gasteiger partial charge in [0.15, 0.2) is 11.5 Å². The highest BCUT2D eigenvalue weighted by Crippen LogP contribution is 2.33. The predicted molar refractivity (Wildman–Crippen MR) is 65.9 cm³/mol. The number of hydrogen-bond acceptors (Lipinski definition) is 4. The first kappa shape index (κ1) is 13.3. The number of ether oxygens (including phenoxy) is 1. The Bertz CT molecular complexity index is 399. The van der Waals surface area contributed by atoms with Crippen LogP contribution in [0.3, 0.4) is 0 Å². The van der Waals surface area contributed by atoms with Gasteiger partial charge in [-0.3, -0.25) is 5.32 Å². The number of para-hydroxylation sites is 1. The third kappa shape index (κ3) is 3.36. The van der Waals surface area contributed by atoms with E-state index in [-0.39, 0.29) is 5.75 Å². The second-order valence-electron chi connectivity index (χ2n) is 3.64. The van der Waals surface area contributed by atoms with E-state index in [4.69, 9.17) is 10.00 Å². The molecule has 0 saturated heterocycles. The number of nitrogens with one attached hydrogen (secondary N) is 1. The molecule has 0 spiro atoms. The van der Waals surface area contributed by atoms with Gasteiger partial charge in [0.2, 0.25) is 0 Å². The number of aromatic hydroxyl groups is 1. The van der Waals surface area contributed by atoms with Crippen molar-refractivity contribution in [2.45, 2.75) is 26.3 Å². The second-order valence-corrected chi connectivity index (χ2v) is 3.64. The fraction of sp³-hybridized carbons (Fsp3) is 0.462. The number of nitriles is 1. The van der Waals surface area contributed by atoms with E-state index in [0.29, 0.717) is 17.9 Å². The zero-order valence-corrected chi connectivity index (χ0v) is 10.2. The van der Waals surface area contributed by atoms with Gasteiger partial charge in [-0.1, -0.05) is 19.1 Å². The summed E-state index contributed by atoms with van der Waals surface area (Å²) in [7, 11) is 0. The standard InChI is InChI=1S/C13H18N2O2/c1-3-8-15-11(9-14)10-6-5-7-12(13(10)16)17-4-2/h5-7,11,15-16H,3-4,8H2,1-2H3. The fourth-order valence-corrected chi connectivity index (χ4v) is 1.56. The monoisotopic (exact) mass is 234 g/mol. The van der Waals surface area contributed by atoms with Crippen LogP contribution >= 0.6 is 0 Å². The molecule has 0 fully saturated rings. The van der Waals surface area contributed by atoms with Crippen LogP contribution in [-0.2, 0) is 0 Å². The van der Waals surface area contributed by atoms with Crippen molar-refractivity contribution in [3.8, 4) is 17.6 Å². The van der Waals surface area contributed by atoms with E-state index < -0.39 is 6.04 Å². The van der Waals surface area contributed by atoms with Crippen LogP contribution in [-0.4, -0.2) is 18.3 Å². The highest BCUT2D eigenvalue weighted by atomic mass is 16.5. The lowest BCUT2D eigenvalue weighted by molar-refractivity contribution is 0.315. The molecule has 1 unspecified atom stereocenters. The van der Waals surface area contributed by atoms with Crippen molar-refractivity contribution in [2.75, 3.05) is 13.2 Å². The van der Waals surface area contributed by atoms with Gasteiger partial charge in [-0.2, -0.15) is 5.26 Å². The maximum Gasteiger partial charge on any atom is 0.163 e. The largest absolute Gasteiger partial charge is 0.504 e. The van der Waals surface area contributed by atoms with Crippen LogP contribution in [0.15, 0.2) is 18.2 Å². The van der Waals surface area contributed by atoms with Gasteiger partial charge >= 0.3 is 0 Å². The molecule has 0 aliphatic rings. The van der Waals surface area contributed by atoms with Gasteiger partial charge in [-0.05, 0) is 26.0 Å². The Balaban J connectivity index is 2.95. The first-order valence-electron chi connectivity index (χ1n) is 5.82. The number of hydrogen-bond donors (Lipinski definition) is 2. The molecule has 0 heterocycles. The van der Waals surface area contributed by atoms with Crippen LogP contribution in [0.4, 0.5) is 0 Å². The Kier molecular flexibility index (Phi) is 5.31. The summed E-state index contributed by atoms with van der Waals surface area (Å²) in [5, 5.41) is 22.2. The number of nitrogens with zero attached hydrogens (tertiary/aromatic N) is 1. The van der Waals surface area contributed by atoms with Crippen LogP contribution in [0.2, 0.25) is 0 Å². The average Bonchev–Trinajstić information content (AvgIpc) is 2.34. The Morgan fingerprint density at radius 2 is 2.24 bits per heavy atom. The van der Waals surface area contributed by atoms with Crippen molar-refractivity contribution >= 4 is 0 Å². The zero-order chi connectivity index (χ0) is 12.7. The van der Waals surface area contributed by atoms with Gasteiger partial charge < -0.3 is 9.84 Å². The lowest BCUT2D eigenvalue weighted by atomic mass is 10.1. The van der Waals surface area contributed by atoms with E-state index in [1.54, 1.807) is 18.2 Å². The minimum atomic E-state index is -0.504. The summed E-state index contributed by atoms with van der Waals surface area (Å²) >= 11 is 0. The van der Waals surface area contributed by atoms with E-state index in [1.807, 2.05) is 13.8 Å². The first-order chi connectivity index (χ1) is 8.24. The maximum atomic E-state index is 10.0. The lowest BCUT2D eigenvalue weighted by Gasteiger charge is -2.15. The zero-order valence-electron chi connectivity index (χ0n) is 10.2. The van der Waals surface area contributed by atoms with Gasteiger partial charge in [-0.25, -0.2) is 0 Å². The minimum Gasteiger partial charge on any atom is -0.504 e. The maximum absolute atomic E-state index is 10.0. The molecular weight excluding hydrogens is 216 g/mol. The van der Waals surface area contributed by atoms with Crippen molar-refractivity contribution < 1.29 is 9.84 Å². The smallest absolute Gasteiger partial charge is 0.163 e. The van der Waals surface area contributed by atoms with Gasteiger partial charge in [-0.15, -0.1) is 0 Å². The molecule has 0 radical (unpaired) electrons. The van der Waals surface area contributed by atoms with Gasteiger partial charge in [0.1, 0.15) is 6.04 Å². The summed E-state index contributed by atoms with van der Waals surface area (Å²) in [4.78, 5) is 0. The van der Waals surface area contributed by atoms with E-state index in [2.05, 4.69) is 11.4 Å². The molecule has 0 aliphatic heterocycles. The summed E-state index contributed by atoms with van der Waals surface area (Å²) in [6.45, 7) is 5.09. The normalized spacial score (nSPS) is 11.8. The summed E-state index contributed by atoms with van der Waals surface area (Å²) in [6.07, 6.45) is 0.935. The highest BCUT2D eigenvalue weighted by Gasteiger charge is 2.16. The molecule has 4 heteroatoms. The van der Waals surface area contributed by atoms with Crippen molar-refractivity contribution in [2.24, 2.45) is 0 Å². The summed E-state index contributed by atoms with van der Waals surface area (Å²) in [5.74, 6) is 0.466. The molecule has 4 nitrogen and oxygen atoms in total. The summed E-state index contributed by atoms with van der Waals surface area (Å²) in [6, 6.07) is 6.83. The third-order valence-electron chi connectivity index (χ3n) is 2.37. The molecule has 0 bridgehead atoms. The molecule has 1 aromatic carbocycles. The Morgan fingerprint density at radius 3 is 2.82 bits per heavy atom. The molecule has 0 aromatic heterocycles. The fourth-order valence-electron chi connectivity index (χ4n) is 1.56. The molecular formula is C13H18N2O2. The van der Waals surface area contributed by atoms with Crippen LogP contribution in [0.25, 0.3) is 0 Å². The van der Waals surface area contributed by atoms with Crippen LogP contribution in [0.1, 0.15) is 31.9 Å². The topological polar surface area (TPSA) is 65.3 Å². The molecule has 1 aromatic rings. The van der Waals surface area contributed by atoms with E-state index in [0.717, 1.165) is 13.0 Å². The molecule has 0 saturated carbocycles. The Hall–Kier alpha value is -1.73. The van der Waals surface area contributed by atoms with E-state index in [1.165, 1.54) is 0 Å². The number of phenolic OH excluding ortho intramolecular Hbond substituents is 1. The van der Waals surface area contributed by atoms with Crippen molar-refractivity contribution in [1.29, 1.82) is 5.26 Å². The van der Waals surface area contributed by atoms with Gasteiger partial charge in [0.05, 0.1) is 12.7 Å². The molecule has 17 heavy (non-hydrogen) atoms.